The first-order valence-corrected chi connectivity index (χ1v) is 5.50. The number of hydrogen-bond donors (Lipinski definition) is 1. The monoisotopic (exact) mass is 207 g/mol. The minimum absolute atomic E-state index is 0.354. The van der Waals surface area contributed by atoms with Crippen molar-refractivity contribution >= 4 is 11.3 Å². The Morgan fingerprint density at radius 2 is 2.43 bits per heavy atom. The molecule has 0 saturated heterocycles. The Bertz CT molecular complexity index is 353. The molecule has 0 bridgehead atoms. The summed E-state index contributed by atoms with van der Waals surface area (Å²) in [6.45, 7) is 0. The van der Waals surface area contributed by atoms with E-state index in [0.717, 1.165) is 6.42 Å². The molecule has 2 heterocycles. The van der Waals surface area contributed by atoms with E-state index in [1.807, 2.05) is 13.1 Å². The molecule has 2 aromatic rings. The number of nitrogens with one attached hydrogen (secondary N) is 1. The van der Waals surface area contributed by atoms with E-state index < -0.39 is 0 Å². The Kier molecular flexibility index (Phi) is 3.01. The Morgan fingerprint density at radius 3 is 3.00 bits per heavy atom. The summed E-state index contributed by atoms with van der Waals surface area (Å²) in [7, 11) is 1.98. The third-order valence-electron chi connectivity index (χ3n) is 2.28. The molecule has 0 saturated carbocycles. The first kappa shape index (κ1) is 9.49. The quantitative estimate of drug-likeness (QED) is 0.834. The van der Waals surface area contributed by atoms with Crippen LogP contribution in [0.25, 0.3) is 0 Å². The zero-order valence-electron chi connectivity index (χ0n) is 8.07. The van der Waals surface area contributed by atoms with Crippen LogP contribution in [0.15, 0.2) is 40.5 Å². The summed E-state index contributed by atoms with van der Waals surface area (Å²) >= 11 is 1.79. The van der Waals surface area contributed by atoms with Crippen molar-refractivity contribution in [3.05, 3.63) is 46.5 Å². The van der Waals surface area contributed by atoms with Crippen molar-refractivity contribution in [1.29, 1.82) is 0 Å². The minimum atomic E-state index is 0.354. The summed E-state index contributed by atoms with van der Waals surface area (Å²) in [4.78, 5) is 1.39. The lowest BCUT2D eigenvalue weighted by Crippen LogP contribution is -2.17. The molecule has 0 aliphatic rings. The lowest BCUT2D eigenvalue weighted by Gasteiger charge is -2.12. The van der Waals surface area contributed by atoms with Crippen molar-refractivity contribution in [2.45, 2.75) is 12.5 Å². The van der Waals surface area contributed by atoms with E-state index >= 15 is 0 Å². The smallest absolute Gasteiger partial charge is 0.0950 e. The van der Waals surface area contributed by atoms with Gasteiger partial charge in [0.15, 0.2) is 0 Å². The molecule has 1 unspecified atom stereocenters. The Hall–Kier alpha value is -1.06. The van der Waals surface area contributed by atoms with Gasteiger partial charge in [-0.15, -0.1) is 11.3 Å². The molecule has 0 spiro atoms. The van der Waals surface area contributed by atoms with E-state index in [1.54, 1.807) is 23.9 Å². The molecule has 0 amide bonds. The topological polar surface area (TPSA) is 25.2 Å². The van der Waals surface area contributed by atoms with Gasteiger partial charge in [-0.05, 0) is 24.6 Å². The van der Waals surface area contributed by atoms with Gasteiger partial charge in [-0.1, -0.05) is 6.07 Å². The summed E-state index contributed by atoms with van der Waals surface area (Å²) in [6.07, 6.45) is 4.54. The highest BCUT2D eigenvalue weighted by Crippen LogP contribution is 2.21. The van der Waals surface area contributed by atoms with Crippen LogP contribution in [0.1, 0.15) is 16.5 Å². The molecule has 0 aromatic carbocycles. The first-order valence-electron chi connectivity index (χ1n) is 4.62. The SMILES string of the molecule is CNC(Cc1cccs1)c1ccoc1. The molecular formula is C11H13NOS. The number of likely N-dealkylation sites (N-methyl/N-ethyl adjacent to an activating group) is 1. The molecule has 74 valence electrons. The van der Waals surface area contributed by atoms with E-state index in [4.69, 9.17) is 4.42 Å². The molecule has 3 heteroatoms. The Morgan fingerprint density at radius 1 is 1.50 bits per heavy atom. The van der Waals surface area contributed by atoms with E-state index in [2.05, 4.69) is 22.8 Å². The minimum Gasteiger partial charge on any atom is -0.472 e. The van der Waals surface area contributed by atoms with E-state index in [1.165, 1.54) is 10.4 Å². The van der Waals surface area contributed by atoms with Crippen molar-refractivity contribution in [3.8, 4) is 0 Å². The molecule has 0 fully saturated rings. The summed E-state index contributed by atoms with van der Waals surface area (Å²) in [5, 5.41) is 5.40. The molecular weight excluding hydrogens is 194 g/mol. The van der Waals surface area contributed by atoms with Gasteiger partial charge in [-0.3, -0.25) is 0 Å². The second-order valence-corrected chi connectivity index (χ2v) is 4.21. The molecule has 2 nitrogen and oxygen atoms in total. The highest BCUT2D eigenvalue weighted by Gasteiger charge is 2.11. The molecule has 2 rings (SSSR count). The van der Waals surface area contributed by atoms with Gasteiger partial charge in [-0.2, -0.15) is 0 Å². The number of furan rings is 1. The molecule has 0 aliphatic heterocycles. The van der Waals surface area contributed by atoms with Crippen molar-refractivity contribution in [2.75, 3.05) is 7.05 Å². The molecule has 0 radical (unpaired) electrons. The van der Waals surface area contributed by atoms with E-state index in [-0.39, 0.29) is 0 Å². The second-order valence-electron chi connectivity index (χ2n) is 3.18. The van der Waals surface area contributed by atoms with Crippen LogP contribution in [0.5, 0.6) is 0 Å². The number of thiophene rings is 1. The highest BCUT2D eigenvalue weighted by molar-refractivity contribution is 7.09. The van der Waals surface area contributed by atoms with Crippen molar-refractivity contribution < 1.29 is 4.42 Å². The maximum atomic E-state index is 5.08. The van der Waals surface area contributed by atoms with Gasteiger partial charge >= 0.3 is 0 Å². The predicted octanol–water partition coefficient (Wildman–Crippen LogP) is 2.84. The van der Waals surface area contributed by atoms with Crippen molar-refractivity contribution in [2.24, 2.45) is 0 Å². The fourth-order valence-electron chi connectivity index (χ4n) is 1.49. The highest BCUT2D eigenvalue weighted by atomic mass is 32.1. The van der Waals surface area contributed by atoms with Gasteiger partial charge < -0.3 is 9.73 Å². The van der Waals surface area contributed by atoms with Crippen LogP contribution in [-0.2, 0) is 6.42 Å². The van der Waals surface area contributed by atoms with Crippen LogP contribution in [0.2, 0.25) is 0 Å². The standard InChI is InChI=1S/C11H13NOS/c1-12-11(9-4-5-13-8-9)7-10-3-2-6-14-10/h2-6,8,11-12H,7H2,1H3. The first-order chi connectivity index (χ1) is 6.90. The summed E-state index contributed by atoms with van der Waals surface area (Å²) < 4.78 is 5.08. The van der Waals surface area contributed by atoms with Gasteiger partial charge in [0.05, 0.1) is 12.5 Å². The Balaban J connectivity index is 2.08. The predicted molar refractivity (Wildman–Crippen MR) is 58.5 cm³/mol. The molecule has 1 atom stereocenters. The average molecular weight is 207 g/mol. The summed E-state index contributed by atoms with van der Waals surface area (Å²) in [6, 6.07) is 6.61. The van der Waals surface area contributed by atoms with Crippen LogP contribution in [-0.4, -0.2) is 7.05 Å². The molecule has 1 N–H and O–H groups in total. The average Bonchev–Trinajstić information content (AvgIpc) is 2.86. The fourth-order valence-corrected chi connectivity index (χ4v) is 2.24. The second kappa shape index (κ2) is 4.44. The Labute approximate surface area is 87.6 Å². The van der Waals surface area contributed by atoms with Gasteiger partial charge in [0.1, 0.15) is 0 Å². The van der Waals surface area contributed by atoms with E-state index in [9.17, 15) is 0 Å². The zero-order valence-corrected chi connectivity index (χ0v) is 8.88. The van der Waals surface area contributed by atoms with Crippen LogP contribution >= 0.6 is 11.3 Å². The van der Waals surface area contributed by atoms with Crippen LogP contribution in [0, 0.1) is 0 Å². The lowest BCUT2D eigenvalue weighted by atomic mass is 10.1. The molecule has 0 aliphatic carbocycles. The van der Waals surface area contributed by atoms with Crippen molar-refractivity contribution in [3.63, 3.8) is 0 Å². The largest absolute Gasteiger partial charge is 0.472 e. The number of rotatable bonds is 4. The maximum absolute atomic E-state index is 5.08. The molecule has 14 heavy (non-hydrogen) atoms. The summed E-state index contributed by atoms with van der Waals surface area (Å²) in [5.74, 6) is 0. The third-order valence-corrected chi connectivity index (χ3v) is 3.18. The zero-order chi connectivity index (χ0) is 9.80. The van der Waals surface area contributed by atoms with E-state index in [0.29, 0.717) is 6.04 Å². The lowest BCUT2D eigenvalue weighted by molar-refractivity contribution is 0.543. The summed E-state index contributed by atoms with van der Waals surface area (Å²) in [5.41, 5.74) is 1.21. The normalized spacial score (nSPS) is 12.9. The van der Waals surface area contributed by atoms with Gasteiger partial charge in [0, 0.05) is 22.9 Å². The maximum Gasteiger partial charge on any atom is 0.0950 e. The van der Waals surface area contributed by atoms with Gasteiger partial charge in [0.2, 0.25) is 0 Å². The fraction of sp³-hybridized carbons (Fsp3) is 0.273. The molecule has 2 aromatic heterocycles. The van der Waals surface area contributed by atoms with Crippen LogP contribution in [0.4, 0.5) is 0 Å². The van der Waals surface area contributed by atoms with Crippen LogP contribution in [0.3, 0.4) is 0 Å². The van der Waals surface area contributed by atoms with Gasteiger partial charge in [-0.25, -0.2) is 0 Å². The third kappa shape index (κ3) is 2.05. The van der Waals surface area contributed by atoms with Gasteiger partial charge in [0.25, 0.3) is 0 Å². The number of hydrogen-bond acceptors (Lipinski definition) is 3. The van der Waals surface area contributed by atoms with Crippen molar-refractivity contribution in [1.82, 2.24) is 5.32 Å². The van der Waals surface area contributed by atoms with Crippen LogP contribution < -0.4 is 5.32 Å².